The fraction of sp³-hybridized carbons (Fsp3) is 0.308. The third-order valence-corrected chi connectivity index (χ3v) is 2.85. The second-order valence-electron chi connectivity index (χ2n) is 3.91. The van der Waals surface area contributed by atoms with Gasteiger partial charge < -0.3 is 4.98 Å². The molecule has 0 saturated heterocycles. The minimum absolute atomic E-state index is 0.597. The number of nitrogens with zero attached hydrogens (tertiary/aromatic N) is 1. The Kier molecular flexibility index (Phi) is 3.30. The van der Waals surface area contributed by atoms with E-state index in [1.165, 1.54) is 11.1 Å². The zero-order valence-corrected chi connectivity index (χ0v) is 10.3. The number of alkyl halides is 1. The molecule has 0 amide bonds. The van der Waals surface area contributed by atoms with Crippen molar-refractivity contribution < 1.29 is 0 Å². The van der Waals surface area contributed by atoms with Crippen LogP contribution >= 0.6 is 11.6 Å². The summed E-state index contributed by atoms with van der Waals surface area (Å²) >= 11 is 5.71. The van der Waals surface area contributed by atoms with Crippen LogP contribution in [0.4, 0.5) is 0 Å². The molecule has 2 nitrogen and oxygen atoms in total. The molecule has 2 aromatic rings. The normalized spacial score (nSPS) is 10.7. The van der Waals surface area contributed by atoms with Crippen LogP contribution in [0.2, 0.25) is 0 Å². The molecule has 16 heavy (non-hydrogen) atoms. The first-order valence-corrected chi connectivity index (χ1v) is 5.93. The average Bonchev–Trinajstić information content (AvgIpc) is 2.61. The van der Waals surface area contributed by atoms with E-state index in [0.29, 0.717) is 5.88 Å². The molecule has 84 valence electrons. The van der Waals surface area contributed by atoms with Crippen molar-refractivity contribution in [2.75, 3.05) is 5.88 Å². The number of hydrogen-bond donors (Lipinski definition) is 1. The molecule has 0 atom stereocenters. The fourth-order valence-electron chi connectivity index (χ4n) is 1.83. The van der Waals surface area contributed by atoms with Crippen molar-refractivity contribution in [1.29, 1.82) is 0 Å². The van der Waals surface area contributed by atoms with E-state index in [1.54, 1.807) is 0 Å². The summed E-state index contributed by atoms with van der Waals surface area (Å²) < 4.78 is 0. The Hall–Kier alpha value is -1.28. The van der Waals surface area contributed by atoms with E-state index >= 15 is 0 Å². The van der Waals surface area contributed by atoms with Gasteiger partial charge in [0.1, 0.15) is 5.82 Å². The lowest BCUT2D eigenvalue weighted by atomic mass is 10.1. The third-order valence-electron chi connectivity index (χ3n) is 2.67. The molecule has 0 radical (unpaired) electrons. The van der Waals surface area contributed by atoms with Gasteiger partial charge >= 0.3 is 0 Å². The predicted molar refractivity (Wildman–Crippen MR) is 67.9 cm³/mol. The van der Waals surface area contributed by atoms with Crippen LogP contribution in [0.25, 0.3) is 11.3 Å². The van der Waals surface area contributed by atoms with Crippen LogP contribution in [-0.4, -0.2) is 15.8 Å². The maximum atomic E-state index is 5.71. The first kappa shape index (κ1) is 11.2. The number of rotatable bonds is 3. The average molecular weight is 235 g/mol. The van der Waals surface area contributed by atoms with Gasteiger partial charge in [0.25, 0.3) is 0 Å². The third kappa shape index (κ3) is 2.12. The van der Waals surface area contributed by atoms with E-state index in [9.17, 15) is 0 Å². The van der Waals surface area contributed by atoms with Crippen molar-refractivity contribution in [3.8, 4) is 11.3 Å². The lowest BCUT2D eigenvalue weighted by Crippen LogP contribution is -1.88. The molecular formula is C13H15ClN2. The van der Waals surface area contributed by atoms with E-state index in [0.717, 1.165) is 23.6 Å². The second kappa shape index (κ2) is 4.71. The quantitative estimate of drug-likeness (QED) is 0.810. The van der Waals surface area contributed by atoms with Crippen molar-refractivity contribution in [3.63, 3.8) is 0 Å². The summed E-state index contributed by atoms with van der Waals surface area (Å²) in [5.74, 6) is 1.56. The maximum absolute atomic E-state index is 5.71. The van der Waals surface area contributed by atoms with Crippen LogP contribution in [0.3, 0.4) is 0 Å². The van der Waals surface area contributed by atoms with Crippen LogP contribution < -0.4 is 0 Å². The molecule has 0 unspecified atom stereocenters. The number of aromatic amines is 1. The molecule has 1 N–H and O–H groups in total. The zero-order valence-electron chi connectivity index (χ0n) is 9.55. The summed E-state index contributed by atoms with van der Waals surface area (Å²) in [6.45, 7) is 4.15. The van der Waals surface area contributed by atoms with E-state index in [1.807, 2.05) is 19.1 Å². The van der Waals surface area contributed by atoms with Gasteiger partial charge in [0.2, 0.25) is 0 Å². The van der Waals surface area contributed by atoms with E-state index < -0.39 is 0 Å². The lowest BCUT2D eigenvalue weighted by Gasteiger charge is -2.02. The largest absolute Gasteiger partial charge is 0.346 e. The molecule has 0 aliphatic heterocycles. The Bertz CT molecular complexity index is 488. The van der Waals surface area contributed by atoms with Crippen molar-refractivity contribution in [3.05, 3.63) is 41.3 Å². The zero-order chi connectivity index (χ0) is 11.5. The Morgan fingerprint density at radius 2 is 2.00 bits per heavy atom. The fourth-order valence-corrected chi connectivity index (χ4v) is 2.01. The van der Waals surface area contributed by atoms with Crippen LogP contribution in [-0.2, 0) is 6.42 Å². The Morgan fingerprint density at radius 1 is 1.25 bits per heavy atom. The summed E-state index contributed by atoms with van der Waals surface area (Å²) in [7, 11) is 0. The smallest absolute Gasteiger partial charge is 0.108 e. The number of halogens is 1. The Labute approximate surface area is 101 Å². The van der Waals surface area contributed by atoms with E-state index in [-0.39, 0.29) is 0 Å². The highest BCUT2D eigenvalue weighted by Gasteiger charge is 2.09. The van der Waals surface area contributed by atoms with Crippen LogP contribution in [0.5, 0.6) is 0 Å². The maximum Gasteiger partial charge on any atom is 0.108 e. The molecule has 0 bridgehead atoms. The first-order chi connectivity index (χ1) is 7.72. The number of H-pyrrole nitrogens is 1. The van der Waals surface area contributed by atoms with Crippen molar-refractivity contribution in [1.82, 2.24) is 9.97 Å². The summed E-state index contributed by atoms with van der Waals surface area (Å²) in [4.78, 5) is 7.87. The molecule has 0 spiro atoms. The standard InChI is InChI=1S/C13H15ClN2/c1-9-5-3-4-6-11(9)13-10(2)15-12(16-13)7-8-14/h3-6H,7-8H2,1-2H3,(H,15,16). The summed E-state index contributed by atoms with van der Waals surface area (Å²) in [6.07, 6.45) is 0.786. The highest BCUT2D eigenvalue weighted by Crippen LogP contribution is 2.24. The number of imidazole rings is 1. The highest BCUT2D eigenvalue weighted by atomic mass is 35.5. The molecule has 1 heterocycles. The van der Waals surface area contributed by atoms with Crippen LogP contribution in [0, 0.1) is 13.8 Å². The molecule has 1 aromatic heterocycles. The van der Waals surface area contributed by atoms with Crippen molar-refractivity contribution in [2.45, 2.75) is 20.3 Å². The molecule has 0 fully saturated rings. The summed E-state index contributed by atoms with van der Waals surface area (Å²) in [5, 5.41) is 0. The van der Waals surface area contributed by atoms with Crippen molar-refractivity contribution >= 4 is 11.6 Å². The first-order valence-electron chi connectivity index (χ1n) is 5.40. The molecular weight excluding hydrogens is 220 g/mol. The van der Waals surface area contributed by atoms with Crippen molar-refractivity contribution in [2.24, 2.45) is 0 Å². The van der Waals surface area contributed by atoms with Gasteiger partial charge in [0.15, 0.2) is 0 Å². The number of aromatic nitrogens is 2. The van der Waals surface area contributed by atoms with Crippen LogP contribution in [0.1, 0.15) is 17.1 Å². The van der Waals surface area contributed by atoms with Gasteiger partial charge in [-0.25, -0.2) is 4.98 Å². The van der Waals surface area contributed by atoms with Gasteiger partial charge in [-0.3, -0.25) is 0 Å². The molecule has 2 rings (SSSR count). The highest BCUT2D eigenvalue weighted by molar-refractivity contribution is 6.17. The topological polar surface area (TPSA) is 28.7 Å². The summed E-state index contributed by atoms with van der Waals surface area (Å²) in [5.41, 5.74) is 4.58. The van der Waals surface area contributed by atoms with Gasteiger partial charge in [-0.1, -0.05) is 24.3 Å². The number of hydrogen-bond acceptors (Lipinski definition) is 1. The Morgan fingerprint density at radius 3 is 2.69 bits per heavy atom. The summed E-state index contributed by atoms with van der Waals surface area (Å²) in [6, 6.07) is 8.28. The van der Waals surface area contributed by atoms with Gasteiger partial charge in [0, 0.05) is 23.6 Å². The second-order valence-corrected chi connectivity index (χ2v) is 4.29. The minimum Gasteiger partial charge on any atom is -0.346 e. The number of nitrogens with one attached hydrogen (secondary N) is 1. The molecule has 0 saturated carbocycles. The van der Waals surface area contributed by atoms with Crippen LogP contribution in [0.15, 0.2) is 24.3 Å². The monoisotopic (exact) mass is 234 g/mol. The van der Waals surface area contributed by atoms with Gasteiger partial charge in [-0.15, -0.1) is 11.6 Å². The van der Waals surface area contributed by atoms with Gasteiger partial charge in [-0.2, -0.15) is 0 Å². The van der Waals surface area contributed by atoms with E-state index in [2.05, 4.69) is 29.0 Å². The molecule has 0 aliphatic carbocycles. The van der Waals surface area contributed by atoms with Gasteiger partial charge in [-0.05, 0) is 19.4 Å². The molecule has 1 aromatic carbocycles. The van der Waals surface area contributed by atoms with Gasteiger partial charge in [0.05, 0.1) is 5.69 Å². The van der Waals surface area contributed by atoms with E-state index in [4.69, 9.17) is 11.6 Å². The minimum atomic E-state index is 0.597. The SMILES string of the molecule is Cc1ccccc1-c1nc(CCCl)[nH]c1C. The predicted octanol–water partition coefficient (Wildman–Crippen LogP) is 3.47. The number of aryl methyl sites for hydroxylation is 3. The number of benzene rings is 1. The Balaban J connectivity index is 2.44. The molecule has 0 aliphatic rings. The molecule has 3 heteroatoms. The lowest BCUT2D eigenvalue weighted by molar-refractivity contribution is 0.988.